The van der Waals surface area contributed by atoms with Crippen molar-refractivity contribution in [2.75, 3.05) is 17.3 Å². The lowest BCUT2D eigenvalue weighted by Gasteiger charge is -2.27. The molecule has 3 aromatic rings. The summed E-state index contributed by atoms with van der Waals surface area (Å²) >= 11 is 0. The van der Waals surface area contributed by atoms with Crippen molar-refractivity contribution in [1.29, 1.82) is 0 Å². The van der Waals surface area contributed by atoms with Crippen molar-refractivity contribution in [1.82, 2.24) is 0 Å². The van der Waals surface area contributed by atoms with Crippen LogP contribution in [0.4, 0.5) is 11.4 Å². The van der Waals surface area contributed by atoms with Crippen LogP contribution in [0.3, 0.4) is 0 Å². The molecule has 4 rings (SSSR count). The van der Waals surface area contributed by atoms with Crippen LogP contribution in [0.5, 0.6) is 5.75 Å². The number of benzene rings is 3. The number of ether oxygens (including phenoxy) is 1. The number of Topliss-reactive ketones (excluding diaryl/α,β-unsaturated/α-hetero) is 1. The van der Waals surface area contributed by atoms with Gasteiger partial charge in [-0.2, -0.15) is 0 Å². The van der Waals surface area contributed by atoms with E-state index in [2.05, 4.69) is 5.32 Å². The Balaban J connectivity index is 1.95. The van der Waals surface area contributed by atoms with Gasteiger partial charge in [0.15, 0.2) is 0 Å². The normalized spacial score (nSPS) is 16.9. The van der Waals surface area contributed by atoms with E-state index in [-0.39, 0.29) is 17.2 Å². The summed E-state index contributed by atoms with van der Waals surface area (Å²) in [5.74, 6) is -1.53. The van der Waals surface area contributed by atoms with Gasteiger partial charge in [0.2, 0.25) is 5.91 Å². The minimum absolute atomic E-state index is 0.0147. The highest BCUT2D eigenvalue weighted by Gasteiger charge is 2.48. The summed E-state index contributed by atoms with van der Waals surface area (Å²) in [5, 5.41) is 14.1. The predicted molar refractivity (Wildman–Crippen MR) is 134 cm³/mol. The molecule has 1 saturated heterocycles. The van der Waals surface area contributed by atoms with Crippen LogP contribution in [-0.2, 0) is 14.4 Å². The van der Waals surface area contributed by atoms with Gasteiger partial charge in [-0.1, -0.05) is 35.9 Å². The third kappa shape index (κ3) is 4.40. The lowest BCUT2D eigenvalue weighted by molar-refractivity contribution is -0.132. The summed E-state index contributed by atoms with van der Waals surface area (Å²) in [6.45, 7) is 5.13. The first-order chi connectivity index (χ1) is 16.7. The topological polar surface area (TPSA) is 95.9 Å². The molecule has 0 bridgehead atoms. The number of rotatable bonds is 5. The number of aliphatic hydroxyl groups excluding tert-OH is 1. The Labute approximate surface area is 203 Å². The van der Waals surface area contributed by atoms with Gasteiger partial charge in [0, 0.05) is 29.4 Å². The number of carbonyl (C=O) groups excluding carboxylic acids is 3. The zero-order valence-corrected chi connectivity index (χ0v) is 20.0. The molecule has 1 aliphatic rings. The minimum Gasteiger partial charge on any atom is -0.507 e. The highest BCUT2D eigenvalue weighted by Crippen LogP contribution is 2.45. The van der Waals surface area contributed by atoms with Crippen molar-refractivity contribution in [2.24, 2.45) is 0 Å². The lowest BCUT2D eigenvalue weighted by Crippen LogP contribution is -2.29. The second-order valence-electron chi connectivity index (χ2n) is 8.46. The fourth-order valence-corrected chi connectivity index (χ4v) is 4.33. The molecule has 0 aliphatic carbocycles. The number of ketones is 1. The van der Waals surface area contributed by atoms with Crippen LogP contribution in [0.2, 0.25) is 0 Å². The number of aliphatic hydroxyl groups is 1. The summed E-state index contributed by atoms with van der Waals surface area (Å²) in [4.78, 5) is 39.5. The predicted octanol–water partition coefficient (Wildman–Crippen LogP) is 4.90. The average Bonchev–Trinajstić information content (AvgIpc) is 3.10. The number of hydrogen-bond acceptors (Lipinski definition) is 5. The number of anilines is 2. The summed E-state index contributed by atoms with van der Waals surface area (Å²) < 4.78 is 5.55. The van der Waals surface area contributed by atoms with Gasteiger partial charge < -0.3 is 15.2 Å². The van der Waals surface area contributed by atoms with Crippen LogP contribution in [0.25, 0.3) is 5.76 Å². The first kappa shape index (κ1) is 23.8. The van der Waals surface area contributed by atoms with E-state index in [4.69, 9.17) is 4.74 Å². The third-order valence-electron chi connectivity index (χ3n) is 5.99. The summed E-state index contributed by atoms with van der Waals surface area (Å²) in [5.41, 5.74) is 3.72. The van der Waals surface area contributed by atoms with Crippen molar-refractivity contribution in [2.45, 2.75) is 26.8 Å². The molecule has 178 valence electrons. The molecule has 0 saturated carbocycles. The first-order valence-corrected chi connectivity index (χ1v) is 11.1. The number of hydrogen-bond donors (Lipinski definition) is 2. The molecule has 0 radical (unpaired) electrons. The van der Waals surface area contributed by atoms with Gasteiger partial charge in [-0.3, -0.25) is 19.3 Å². The van der Waals surface area contributed by atoms with E-state index >= 15 is 0 Å². The Kier molecular flexibility index (Phi) is 6.42. The largest absolute Gasteiger partial charge is 0.507 e. The van der Waals surface area contributed by atoms with Crippen LogP contribution >= 0.6 is 0 Å². The maximum absolute atomic E-state index is 13.4. The molecular formula is C28H26N2O5. The van der Waals surface area contributed by atoms with Crippen LogP contribution in [0, 0.1) is 13.8 Å². The van der Waals surface area contributed by atoms with E-state index in [1.165, 1.54) is 18.9 Å². The Hall–Kier alpha value is -4.39. The van der Waals surface area contributed by atoms with E-state index in [1.54, 1.807) is 54.6 Å². The SMILES string of the molecule is COc1ccccc1C1/C(=C(\O)c2cc(C)ccc2C)C(=O)C(=O)N1c1ccc(NC(C)=O)cc1. The minimum atomic E-state index is -0.919. The lowest BCUT2D eigenvalue weighted by atomic mass is 9.92. The fraction of sp³-hybridized carbons (Fsp3) is 0.179. The van der Waals surface area contributed by atoms with E-state index in [1.807, 2.05) is 26.0 Å². The fourth-order valence-electron chi connectivity index (χ4n) is 4.33. The van der Waals surface area contributed by atoms with E-state index in [0.29, 0.717) is 28.3 Å². The number of nitrogens with zero attached hydrogens (tertiary/aromatic N) is 1. The molecule has 7 nitrogen and oxygen atoms in total. The molecule has 7 heteroatoms. The zero-order chi connectivity index (χ0) is 25.3. The molecule has 1 atom stereocenters. The Morgan fingerprint density at radius 1 is 1.00 bits per heavy atom. The molecule has 0 aromatic heterocycles. The standard InChI is InChI=1S/C28H26N2O5/c1-16-9-10-17(2)22(15-16)26(32)24-25(21-7-5-6-8-23(21)35-4)30(28(34)27(24)33)20-13-11-19(12-14-20)29-18(3)31/h5-15,25,32H,1-4H3,(H,29,31)/b26-24+. The van der Waals surface area contributed by atoms with E-state index in [0.717, 1.165) is 11.1 Å². The van der Waals surface area contributed by atoms with E-state index < -0.39 is 17.7 Å². The monoisotopic (exact) mass is 470 g/mol. The number of amides is 2. The molecule has 1 aliphatic heterocycles. The molecule has 1 fully saturated rings. The van der Waals surface area contributed by atoms with Crippen LogP contribution < -0.4 is 15.0 Å². The molecule has 2 amide bonds. The molecule has 3 aromatic carbocycles. The molecule has 1 heterocycles. The van der Waals surface area contributed by atoms with Gasteiger partial charge in [0.1, 0.15) is 11.5 Å². The highest BCUT2D eigenvalue weighted by atomic mass is 16.5. The van der Waals surface area contributed by atoms with Crippen molar-refractivity contribution >= 4 is 34.7 Å². The Morgan fingerprint density at radius 3 is 2.34 bits per heavy atom. The molecular weight excluding hydrogens is 444 g/mol. The second-order valence-corrected chi connectivity index (χ2v) is 8.46. The first-order valence-electron chi connectivity index (χ1n) is 11.1. The maximum Gasteiger partial charge on any atom is 0.300 e. The molecule has 35 heavy (non-hydrogen) atoms. The quantitative estimate of drug-likeness (QED) is 0.314. The van der Waals surface area contributed by atoms with Crippen LogP contribution in [0.1, 0.15) is 35.2 Å². The number of methoxy groups -OCH3 is 1. The van der Waals surface area contributed by atoms with Crippen LogP contribution in [-0.4, -0.2) is 29.8 Å². The number of para-hydroxylation sites is 1. The smallest absolute Gasteiger partial charge is 0.300 e. The molecule has 2 N–H and O–H groups in total. The Morgan fingerprint density at radius 2 is 1.69 bits per heavy atom. The Bertz CT molecular complexity index is 1360. The van der Waals surface area contributed by atoms with Gasteiger partial charge in [-0.15, -0.1) is 0 Å². The maximum atomic E-state index is 13.4. The summed E-state index contributed by atoms with van der Waals surface area (Å²) in [6.07, 6.45) is 0. The summed E-state index contributed by atoms with van der Waals surface area (Å²) in [7, 11) is 1.51. The van der Waals surface area contributed by atoms with Crippen molar-refractivity contribution in [3.05, 3.63) is 94.6 Å². The third-order valence-corrected chi connectivity index (χ3v) is 5.99. The average molecular weight is 471 g/mol. The molecule has 1 unspecified atom stereocenters. The van der Waals surface area contributed by atoms with Gasteiger partial charge in [-0.05, 0) is 55.8 Å². The van der Waals surface area contributed by atoms with Crippen molar-refractivity contribution in [3.63, 3.8) is 0 Å². The summed E-state index contributed by atoms with van der Waals surface area (Å²) in [6, 6.07) is 18.3. The van der Waals surface area contributed by atoms with Gasteiger partial charge in [0.25, 0.3) is 11.7 Å². The zero-order valence-electron chi connectivity index (χ0n) is 20.0. The van der Waals surface area contributed by atoms with Crippen LogP contribution in [0.15, 0.2) is 72.3 Å². The highest BCUT2D eigenvalue weighted by molar-refractivity contribution is 6.51. The van der Waals surface area contributed by atoms with Gasteiger partial charge in [0.05, 0.1) is 18.7 Å². The second kappa shape index (κ2) is 9.46. The number of carbonyl (C=O) groups is 3. The molecule has 0 spiro atoms. The van der Waals surface area contributed by atoms with Gasteiger partial charge in [-0.25, -0.2) is 0 Å². The number of aryl methyl sites for hydroxylation is 2. The van der Waals surface area contributed by atoms with Crippen molar-refractivity contribution < 1.29 is 24.2 Å². The number of nitrogens with one attached hydrogen (secondary N) is 1. The van der Waals surface area contributed by atoms with Gasteiger partial charge >= 0.3 is 0 Å². The van der Waals surface area contributed by atoms with E-state index in [9.17, 15) is 19.5 Å². The van der Waals surface area contributed by atoms with Crippen molar-refractivity contribution in [3.8, 4) is 5.75 Å².